The van der Waals surface area contributed by atoms with Crippen molar-refractivity contribution in [3.8, 4) is 6.07 Å². The molecule has 0 aromatic rings. The molecule has 1 fully saturated rings. The highest BCUT2D eigenvalue weighted by Crippen LogP contribution is 2.23. The smallest absolute Gasteiger partial charge is 0.323 e. The SMILES string of the molecule is N#CCC1(F)OCCCO1. The molecule has 0 atom stereocenters. The number of nitriles is 1. The molecule has 0 spiro atoms. The second-order valence-corrected chi connectivity index (χ2v) is 2.05. The summed E-state index contributed by atoms with van der Waals surface area (Å²) < 4.78 is 22.1. The van der Waals surface area contributed by atoms with E-state index in [1.807, 2.05) is 0 Å². The molecule has 56 valence electrons. The van der Waals surface area contributed by atoms with E-state index in [2.05, 4.69) is 9.47 Å². The summed E-state index contributed by atoms with van der Waals surface area (Å²) in [6.45, 7) is 0.663. The Bertz CT molecular complexity index is 148. The average molecular weight is 145 g/mol. The van der Waals surface area contributed by atoms with Gasteiger partial charge >= 0.3 is 6.04 Å². The van der Waals surface area contributed by atoms with Crippen molar-refractivity contribution in [1.29, 1.82) is 5.26 Å². The Morgan fingerprint density at radius 3 is 2.60 bits per heavy atom. The number of nitrogens with zero attached hydrogens (tertiary/aromatic N) is 1. The van der Waals surface area contributed by atoms with E-state index >= 15 is 0 Å². The highest BCUT2D eigenvalue weighted by molar-refractivity contribution is 4.77. The van der Waals surface area contributed by atoms with Crippen LogP contribution in [-0.4, -0.2) is 19.3 Å². The van der Waals surface area contributed by atoms with Gasteiger partial charge in [-0.1, -0.05) is 0 Å². The Morgan fingerprint density at radius 2 is 2.10 bits per heavy atom. The zero-order chi connectivity index (χ0) is 7.45. The van der Waals surface area contributed by atoms with E-state index < -0.39 is 6.04 Å². The Hall–Kier alpha value is -0.660. The number of alkyl halides is 1. The van der Waals surface area contributed by atoms with Gasteiger partial charge in [0.2, 0.25) is 0 Å². The molecule has 0 aromatic carbocycles. The fourth-order valence-electron chi connectivity index (χ4n) is 0.746. The quantitative estimate of drug-likeness (QED) is 0.551. The molecule has 3 nitrogen and oxygen atoms in total. The van der Waals surface area contributed by atoms with Crippen LogP contribution in [0, 0.1) is 11.3 Å². The predicted octanol–water partition coefficient (Wildman–Crippen LogP) is 0.960. The number of rotatable bonds is 1. The van der Waals surface area contributed by atoms with Crippen molar-refractivity contribution in [3.05, 3.63) is 0 Å². The minimum atomic E-state index is -2.13. The van der Waals surface area contributed by atoms with Crippen LogP contribution < -0.4 is 0 Å². The van der Waals surface area contributed by atoms with Gasteiger partial charge < -0.3 is 9.47 Å². The summed E-state index contributed by atoms with van der Waals surface area (Å²) in [4.78, 5) is 0. The first-order valence-corrected chi connectivity index (χ1v) is 3.11. The molecule has 1 heterocycles. The summed E-state index contributed by atoms with van der Waals surface area (Å²) in [6, 6.07) is -0.479. The van der Waals surface area contributed by atoms with Gasteiger partial charge in [0, 0.05) is 0 Å². The lowest BCUT2D eigenvalue weighted by molar-refractivity contribution is -0.336. The van der Waals surface area contributed by atoms with Gasteiger partial charge in [0.05, 0.1) is 19.3 Å². The zero-order valence-electron chi connectivity index (χ0n) is 5.47. The maximum absolute atomic E-state index is 12.9. The Kier molecular flexibility index (Phi) is 2.20. The molecule has 0 bridgehead atoms. The van der Waals surface area contributed by atoms with Gasteiger partial charge in [-0.3, -0.25) is 0 Å². The van der Waals surface area contributed by atoms with Crippen LogP contribution >= 0.6 is 0 Å². The molecule has 0 N–H and O–H groups in total. The molecule has 1 aliphatic rings. The monoisotopic (exact) mass is 145 g/mol. The molecular formula is C6H8FNO2. The highest BCUT2D eigenvalue weighted by Gasteiger charge is 2.34. The minimum absolute atomic E-state index is 0.332. The van der Waals surface area contributed by atoms with Crippen LogP contribution in [0.5, 0.6) is 0 Å². The van der Waals surface area contributed by atoms with Gasteiger partial charge in [-0.2, -0.15) is 9.65 Å². The number of ether oxygens (including phenoxy) is 2. The number of halogens is 1. The first kappa shape index (κ1) is 7.45. The molecule has 10 heavy (non-hydrogen) atoms. The summed E-state index contributed by atoms with van der Waals surface area (Å²) >= 11 is 0. The van der Waals surface area contributed by atoms with Crippen molar-refractivity contribution < 1.29 is 13.9 Å². The molecule has 0 unspecified atom stereocenters. The van der Waals surface area contributed by atoms with Gasteiger partial charge in [-0.05, 0) is 6.42 Å². The van der Waals surface area contributed by atoms with E-state index in [0.717, 1.165) is 0 Å². The van der Waals surface area contributed by atoms with Crippen LogP contribution in [0.2, 0.25) is 0 Å². The highest BCUT2D eigenvalue weighted by atomic mass is 19.2. The van der Waals surface area contributed by atoms with Crippen LogP contribution in [0.3, 0.4) is 0 Å². The molecular weight excluding hydrogens is 137 g/mol. The fraction of sp³-hybridized carbons (Fsp3) is 0.833. The van der Waals surface area contributed by atoms with E-state index in [1.54, 1.807) is 6.07 Å². The van der Waals surface area contributed by atoms with Crippen molar-refractivity contribution >= 4 is 0 Å². The van der Waals surface area contributed by atoms with Crippen LogP contribution in [0.15, 0.2) is 0 Å². The van der Waals surface area contributed by atoms with Gasteiger partial charge in [0.1, 0.15) is 6.42 Å². The third-order valence-electron chi connectivity index (χ3n) is 1.21. The lowest BCUT2D eigenvalue weighted by Crippen LogP contribution is -2.35. The maximum atomic E-state index is 12.9. The third kappa shape index (κ3) is 1.66. The summed E-state index contributed by atoms with van der Waals surface area (Å²) in [6.07, 6.45) is 0.337. The van der Waals surface area contributed by atoms with Crippen molar-refractivity contribution in [3.63, 3.8) is 0 Å². The van der Waals surface area contributed by atoms with Crippen molar-refractivity contribution in [2.75, 3.05) is 13.2 Å². The van der Waals surface area contributed by atoms with Crippen LogP contribution in [0.1, 0.15) is 12.8 Å². The molecule has 1 rings (SSSR count). The first-order valence-electron chi connectivity index (χ1n) is 3.11. The lowest BCUT2D eigenvalue weighted by atomic mass is 10.3. The minimum Gasteiger partial charge on any atom is -0.323 e. The number of hydrogen-bond acceptors (Lipinski definition) is 3. The van der Waals surface area contributed by atoms with Crippen LogP contribution in [-0.2, 0) is 9.47 Å². The van der Waals surface area contributed by atoms with E-state index in [1.165, 1.54) is 0 Å². The van der Waals surface area contributed by atoms with E-state index in [-0.39, 0.29) is 6.42 Å². The molecule has 4 heteroatoms. The van der Waals surface area contributed by atoms with Crippen LogP contribution in [0.4, 0.5) is 4.39 Å². The summed E-state index contributed by atoms with van der Waals surface area (Å²) in [7, 11) is 0. The largest absolute Gasteiger partial charge is 0.333 e. The topological polar surface area (TPSA) is 42.2 Å². The molecule has 0 aromatic heterocycles. The molecule has 0 aliphatic carbocycles. The van der Waals surface area contributed by atoms with Gasteiger partial charge in [-0.25, -0.2) is 0 Å². The summed E-state index contributed by atoms with van der Waals surface area (Å²) in [5.41, 5.74) is 0. The normalized spacial score (nSPS) is 23.6. The summed E-state index contributed by atoms with van der Waals surface area (Å²) in [5, 5.41) is 8.13. The second kappa shape index (κ2) is 2.95. The Balaban J connectivity index is 2.42. The lowest BCUT2D eigenvalue weighted by Gasteiger charge is -2.27. The van der Waals surface area contributed by atoms with Crippen LogP contribution in [0.25, 0.3) is 0 Å². The van der Waals surface area contributed by atoms with Crippen molar-refractivity contribution in [2.24, 2.45) is 0 Å². The van der Waals surface area contributed by atoms with Gasteiger partial charge in [0.15, 0.2) is 0 Å². The van der Waals surface area contributed by atoms with Gasteiger partial charge in [-0.15, -0.1) is 0 Å². The van der Waals surface area contributed by atoms with E-state index in [4.69, 9.17) is 5.26 Å². The summed E-state index contributed by atoms with van der Waals surface area (Å²) in [5.74, 6) is 0. The van der Waals surface area contributed by atoms with Crippen molar-refractivity contribution in [2.45, 2.75) is 18.9 Å². The van der Waals surface area contributed by atoms with E-state index in [0.29, 0.717) is 19.6 Å². The standard InChI is InChI=1S/C6H8FNO2/c7-6(2-3-8)9-4-1-5-10-6/h1-2,4-5H2. The van der Waals surface area contributed by atoms with Gasteiger partial charge in [0.25, 0.3) is 0 Å². The zero-order valence-corrected chi connectivity index (χ0v) is 5.47. The molecule has 0 saturated carbocycles. The second-order valence-electron chi connectivity index (χ2n) is 2.05. The Morgan fingerprint density at radius 1 is 1.50 bits per heavy atom. The Labute approximate surface area is 58.3 Å². The first-order chi connectivity index (χ1) is 4.77. The van der Waals surface area contributed by atoms with Crippen molar-refractivity contribution in [1.82, 2.24) is 0 Å². The third-order valence-corrected chi connectivity index (χ3v) is 1.21. The molecule has 0 amide bonds. The predicted molar refractivity (Wildman–Crippen MR) is 30.6 cm³/mol. The average Bonchev–Trinajstić information content (AvgIpc) is 1.89. The van der Waals surface area contributed by atoms with E-state index in [9.17, 15) is 4.39 Å². The number of hydrogen-bond donors (Lipinski definition) is 0. The molecule has 1 saturated heterocycles. The maximum Gasteiger partial charge on any atom is 0.333 e. The fourth-order valence-corrected chi connectivity index (χ4v) is 0.746. The molecule has 1 aliphatic heterocycles. The molecule has 0 radical (unpaired) electrons.